The van der Waals surface area contributed by atoms with E-state index in [1.54, 1.807) is 14.2 Å². The molecular weight excluding hydrogens is 429 g/mol. The number of carbonyl (C=O) groups excluding carboxylic acids is 1. The molecule has 1 aromatic heterocycles. The highest BCUT2D eigenvalue weighted by Gasteiger charge is 2.17. The maximum absolute atomic E-state index is 13.1. The van der Waals surface area contributed by atoms with Crippen LogP contribution in [0.1, 0.15) is 15.9 Å². The second-order valence-electron chi connectivity index (χ2n) is 7.15. The number of rotatable bonds is 7. The Kier molecular flexibility index (Phi) is 6.23. The van der Waals surface area contributed by atoms with Gasteiger partial charge in [-0.3, -0.25) is 10.1 Å². The summed E-state index contributed by atoms with van der Waals surface area (Å²) in [6, 6.07) is 17.1. The fraction of sp³-hybridized carbons (Fsp3) is 0.167. The molecule has 0 spiro atoms. The fourth-order valence-corrected chi connectivity index (χ4v) is 4.39. The van der Waals surface area contributed by atoms with Gasteiger partial charge in [0, 0.05) is 19.2 Å². The Morgan fingerprint density at radius 3 is 2.41 bits per heavy atom. The van der Waals surface area contributed by atoms with Crippen molar-refractivity contribution in [3.05, 3.63) is 77.6 Å². The molecule has 164 valence electrons. The first-order valence-corrected chi connectivity index (χ1v) is 10.7. The number of nitrogens with zero attached hydrogens (tertiary/aromatic N) is 2. The minimum absolute atomic E-state index is 0.351. The lowest BCUT2D eigenvalue weighted by Crippen LogP contribution is -2.16. The normalized spacial score (nSPS) is 10.8. The smallest absolute Gasteiger partial charge is 0.257 e. The topological polar surface area (TPSA) is 63.7 Å². The third-order valence-electron chi connectivity index (χ3n) is 5.02. The van der Waals surface area contributed by atoms with Crippen LogP contribution >= 0.6 is 11.3 Å². The molecule has 0 unspecified atom stereocenters. The summed E-state index contributed by atoms with van der Waals surface area (Å²) in [4.78, 5) is 19.3. The number of anilines is 2. The molecule has 0 aliphatic carbocycles. The minimum atomic E-state index is -0.393. The predicted molar refractivity (Wildman–Crippen MR) is 126 cm³/mol. The van der Waals surface area contributed by atoms with Gasteiger partial charge in [0.1, 0.15) is 22.8 Å². The van der Waals surface area contributed by atoms with Gasteiger partial charge >= 0.3 is 0 Å². The zero-order valence-electron chi connectivity index (χ0n) is 17.9. The molecule has 32 heavy (non-hydrogen) atoms. The average molecular weight is 452 g/mol. The van der Waals surface area contributed by atoms with Crippen LogP contribution < -0.4 is 19.7 Å². The Balaban J connectivity index is 1.62. The molecule has 0 aliphatic rings. The second kappa shape index (κ2) is 9.23. The molecule has 0 saturated carbocycles. The van der Waals surface area contributed by atoms with Gasteiger partial charge in [0.25, 0.3) is 5.91 Å². The van der Waals surface area contributed by atoms with E-state index in [2.05, 4.69) is 15.2 Å². The molecule has 0 atom stereocenters. The van der Waals surface area contributed by atoms with Crippen molar-refractivity contribution in [3.8, 4) is 11.5 Å². The van der Waals surface area contributed by atoms with Crippen molar-refractivity contribution in [2.75, 3.05) is 31.5 Å². The van der Waals surface area contributed by atoms with Crippen molar-refractivity contribution >= 4 is 38.3 Å². The molecule has 6 nitrogen and oxygen atoms in total. The largest absolute Gasteiger partial charge is 0.497 e. The van der Waals surface area contributed by atoms with Crippen molar-refractivity contribution in [1.82, 2.24) is 4.98 Å². The third-order valence-corrected chi connectivity index (χ3v) is 6.02. The molecule has 1 heterocycles. The fourth-order valence-electron chi connectivity index (χ4n) is 3.35. The maximum Gasteiger partial charge on any atom is 0.257 e. The van der Waals surface area contributed by atoms with E-state index in [0.29, 0.717) is 28.5 Å². The van der Waals surface area contributed by atoms with Crippen LogP contribution in [0, 0.1) is 5.82 Å². The first-order valence-electron chi connectivity index (χ1n) is 9.87. The Hall–Kier alpha value is -3.65. The zero-order chi connectivity index (χ0) is 22.7. The molecule has 0 saturated heterocycles. The molecule has 0 bridgehead atoms. The van der Waals surface area contributed by atoms with Gasteiger partial charge in [-0.25, -0.2) is 9.37 Å². The van der Waals surface area contributed by atoms with E-state index >= 15 is 0 Å². The Labute approximate surface area is 189 Å². The van der Waals surface area contributed by atoms with Gasteiger partial charge in [0.15, 0.2) is 5.13 Å². The molecule has 3 aromatic carbocycles. The minimum Gasteiger partial charge on any atom is -0.497 e. The number of methoxy groups -OCH3 is 2. The lowest BCUT2D eigenvalue weighted by molar-refractivity contribution is 0.102. The van der Waals surface area contributed by atoms with Gasteiger partial charge in [0.2, 0.25) is 0 Å². The number of fused-ring (bicyclic) bond motifs is 1. The maximum atomic E-state index is 13.1. The van der Waals surface area contributed by atoms with E-state index in [0.717, 1.165) is 21.7 Å². The Morgan fingerprint density at radius 1 is 1.03 bits per heavy atom. The number of aromatic nitrogens is 1. The molecule has 4 aromatic rings. The predicted octanol–water partition coefficient (Wildman–Crippen LogP) is 5.34. The van der Waals surface area contributed by atoms with Gasteiger partial charge < -0.3 is 14.4 Å². The number of halogens is 1. The van der Waals surface area contributed by atoms with Gasteiger partial charge in [-0.2, -0.15) is 0 Å². The molecule has 1 amide bonds. The first kappa shape index (κ1) is 21.6. The highest BCUT2D eigenvalue weighted by atomic mass is 32.1. The van der Waals surface area contributed by atoms with Crippen LogP contribution in [0.5, 0.6) is 11.5 Å². The SMILES string of the molecule is COc1ccc(CN(C)c2ccc(OC)c3nc(NC(=O)c4ccc(F)cc4)sc23)cc1. The van der Waals surface area contributed by atoms with Crippen LogP contribution in [0.4, 0.5) is 15.2 Å². The third kappa shape index (κ3) is 4.50. The summed E-state index contributed by atoms with van der Waals surface area (Å²) in [5.41, 5.74) is 3.13. The lowest BCUT2D eigenvalue weighted by Gasteiger charge is -2.20. The standard InChI is InChI=1S/C24H22FN3O3S/c1-28(14-15-4-10-18(30-2)11-5-15)19-12-13-20(31-3)21-22(19)32-24(26-21)27-23(29)16-6-8-17(25)9-7-16/h4-13H,14H2,1-3H3,(H,26,27,29). The molecule has 0 radical (unpaired) electrons. The molecule has 1 N–H and O–H groups in total. The Morgan fingerprint density at radius 2 is 1.75 bits per heavy atom. The highest BCUT2D eigenvalue weighted by Crippen LogP contribution is 2.39. The van der Waals surface area contributed by atoms with Crippen molar-refractivity contribution in [1.29, 1.82) is 0 Å². The number of nitrogens with one attached hydrogen (secondary N) is 1. The average Bonchev–Trinajstić information content (AvgIpc) is 3.22. The van der Waals surface area contributed by atoms with E-state index < -0.39 is 5.82 Å². The highest BCUT2D eigenvalue weighted by molar-refractivity contribution is 7.23. The number of amides is 1. The van der Waals surface area contributed by atoms with Gasteiger partial charge in [-0.05, 0) is 54.1 Å². The number of hydrogen-bond donors (Lipinski definition) is 1. The summed E-state index contributed by atoms with van der Waals surface area (Å²) in [7, 11) is 5.24. The van der Waals surface area contributed by atoms with E-state index in [1.165, 1.54) is 35.6 Å². The van der Waals surface area contributed by atoms with Crippen LogP contribution in [0.3, 0.4) is 0 Å². The number of benzene rings is 3. The van der Waals surface area contributed by atoms with Gasteiger partial charge in [-0.1, -0.05) is 23.5 Å². The van der Waals surface area contributed by atoms with Crippen molar-refractivity contribution in [2.24, 2.45) is 0 Å². The van der Waals surface area contributed by atoms with E-state index in [1.807, 2.05) is 43.4 Å². The van der Waals surface area contributed by atoms with Gasteiger partial charge in [0.05, 0.1) is 24.6 Å². The van der Waals surface area contributed by atoms with Crippen LogP contribution in [-0.4, -0.2) is 32.2 Å². The number of hydrogen-bond acceptors (Lipinski definition) is 6. The summed E-state index contributed by atoms with van der Waals surface area (Å²) < 4.78 is 24.8. The Bertz CT molecular complexity index is 1240. The van der Waals surface area contributed by atoms with Crippen LogP contribution in [0.25, 0.3) is 10.2 Å². The summed E-state index contributed by atoms with van der Waals surface area (Å²) in [6.45, 7) is 0.681. The summed E-state index contributed by atoms with van der Waals surface area (Å²) in [5.74, 6) is 0.694. The monoisotopic (exact) mass is 451 g/mol. The van der Waals surface area contributed by atoms with Gasteiger partial charge in [-0.15, -0.1) is 0 Å². The zero-order valence-corrected chi connectivity index (χ0v) is 18.7. The lowest BCUT2D eigenvalue weighted by atomic mass is 10.2. The number of ether oxygens (including phenoxy) is 2. The van der Waals surface area contributed by atoms with E-state index in [9.17, 15) is 9.18 Å². The first-order chi connectivity index (χ1) is 15.5. The number of carbonyl (C=O) groups is 1. The van der Waals surface area contributed by atoms with Crippen LogP contribution in [-0.2, 0) is 6.54 Å². The molecular formula is C24H22FN3O3S. The van der Waals surface area contributed by atoms with Crippen molar-refractivity contribution in [3.63, 3.8) is 0 Å². The van der Waals surface area contributed by atoms with Crippen molar-refractivity contribution < 1.29 is 18.7 Å². The van der Waals surface area contributed by atoms with Crippen molar-refractivity contribution in [2.45, 2.75) is 6.54 Å². The summed E-state index contributed by atoms with van der Waals surface area (Å²) in [6.07, 6.45) is 0. The molecule has 8 heteroatoms. The van der Waals surface area contributed by atoms with E-state index in [4.69, 9.17) is 9.47 Å². The summed E-state index contributed by atoms with van der Waals surface area (Å²) >= 11 is 1.37. The van der Waals surface area contributed by atoms with Crippen LogP contribution in [0.15, 0.2) is 60.7 Å². The quantitative estimate of drug-likeness (QED) is 0.411. The number of thiazole rings is 1. The molecule has 0 aliphatic heterocycles. The second-order valence-corrected chi connectivity index (χ2v) is 8.15. The molecule has 4 rings (SSSR count). The van der Waals surface area contributed by atoms with E-state index in [-0.39, 0.29) is 5.91 Å². The van der Waals surface area contributed by atoms with Crippen LogP contribution in [0.2, 0.25) is 0 Å². The molecule has 0 fully saturated rings. The summed E-state index contributed by atoms with van der Waals surface area (Å²) in [5, 5.41) is 3.25.